The third kappa shape index (κ3) is 4.61. The van der Waals surface area contributed by atoms with Crippen LogP contribution in [0.2, 0.25) is 0 Å². The zero-order chi connectivity index (χ0) is 25.0. The Labute approximate surface area is 206 Å². The normalized spacial score (nSPS) is 27.2. The molecule has 5 rings (SSSR count). The summed E-state index contributed by atoms with van der Waals surface area (Å²) in [6.07, 6.45) is 5.03. The molecule has 4 atom stereocenters. The van der Waals surface area contributed by atoms with Crippen LogP contribution in [0.4, 0.5) is 0 Å². The van der Waals surface area contributed by atoms with E-state index in [1.54, 1.807) is 12.4 Å². The van der Waals surface area contributed by atoms with E-state index in [9.17, 15) is 9.59 Å². The number of hydrogen-bond acceptors (Lipinski definition) is 5. The molecular formula is C27H33N5O3. The van der Waals surface area contributed by atoms with Crippen LogP contribution in [0.1, 0.15) is 70.2 Å². The van der Waals surface area contributed by atoms with Gasteiger partial charge in [-0.25, -0.2) is 0 Å². The van der Waals surface area contributed by atoms with Crippen molar-refractivity contribution in [2.45, 2.75) is 70.2 Å². The van der Waals surface area contributed by atoms with Crippen molar-refractivity contribution in [1.29, 1.82) is 5.41 Å². The third-order valence-corrected chi connectivity index (χ3v) is 7.14. The molecule has 8 heteroatoms. The highest BCUT2D eigenvalue weighted by molar-refractivity contribution is 5.99. The van der Waals surface area contributed by atoms with Crippen LogP contribution in [0.25, 0.3) is 0 Å². The first-order valence-corrected chi connectivity index (χ1v) is 12.2. The molecule has 0 unspecified atom stereocenters. The highest BCUT2D eigenvalue weighted by Crippen LogP contribution is 2.51. The lowest BCUT2D eigenvalue weighted by atomic mass is 9.89. The SMILES string of the molecule is CC1(C)CC(=O)N([C@H](c2cccnc2)[C@@H]2C[C@H]2C(=O)N[C@H]2CC(C)(C)Oc3ccccc32)C(=N)N1. The van der Waals surface area contributed by atoms with Gasteiger partial charge in [0.15, 0.2) is 5.96 Å². The standard InChI is InChI=1S/C27H33N5O3/c1-26(2)14-22(33)32(25(28)31-26)23(16-8-7-11-29-15-16)18-12-19(18)24(34)30-20-13-27(3,4)35-21-10-6-5-9-17(20)21/h5-11,15,18-20,23H,12-14H2,1-4H3,(H2,28,31)(H,30,34)/t18-,19-,20+,23-/m1/s1. The minimum Gasteiger partial charge on any atom is -0.487 e. The van der Waals surface area contributed by atoms with E-state index in [1.807, 2.05) is 64.1 Å². The topological polar surface area (TPSA) is 107 Å². The molecule has 1 aromatic heterocycles. The summed E-state index contributed by atoms with van der Waals surface area (Å²) >= 11 is 0. The van der Waals surface area contributed by atoms with E-state index >= 15 is 0 Å². The molecule has 2 fully saturated rings. The number of pyridine rings is 1. The molecule has 1 saturated carbocycles. The minimum atomic E-state index is -0.478. The minimum absolute atomic E-state index is 0.0225. The number of fused-ring (bicyclic) bond motifs is 1. The van der Waals surface area contributed by atoms with E-state index in [1.165, 1.54) is 4.90 Å². The molecule has 3 N–H and O–H groups in total. The van der Waals surface area contributed by atoms with Gasteiger partial charge < -0.3 is 15.4 Å². The molecule has 35 heavy (non-hydrogen) atoms. The van der Waals surface area contributed by atoms with Gasteiger partial charge in [0.2, 0.25) is 11.8 Å². The number of hydrogen-bond donors (Lipinski definition) is 3. The van der Waals surface area contributed by atoms with Crippen molar-refractivity contribution in [1.82, 2.24) is 20.5 Å². The molecule has 1 aromatic carbocycles. The fourth-order valence-corrected chi connectivity index (χ4v) is 5.52. The molecule has 0 bridgehead atoms. The lowest BCUT2D eigenvalue weighted by Gasteiger charge is -2.42. The molecule has 2 amide bonds. The maximum Gasteiger partial charge on any atom is 0.232 e. The number of rotatable bonds is 5. The van der Waals surface area contributed by atoms with E-state index in [2.05, 4.69) is 15.6 Å². The van der Waals surface area contributed by atoms with Crippen LogP contribution in [-0.4, -0.2) is 38.8 Å². The first kappa shape index (κ1) is 23.3. The maximum absolute atomic E-state index is 13.4. The van der Waals surface area contributed by atoms with E-state index in [0.29, 0.717) is 12.8 Å². The zero-order valence-corrected chi connectivity index (χ0v) is 20.7. The number of carbonyl (C=O) groups is 2. The molecule has 2 aromatic rings. The Morgan fingerprint density at radius 1 is 1.23 bits per heavy atom. The van der Waals surface area contributed by atoms with Crippen LogP contribution < -0.4 is 15.4 Å². The van der Waals surface area contributed by atoms with Crippen molar-refractivity contribution in [2.24, 2.45) is 11.8 Å². The summed E-state index contributed by atoms with van der Waals surface area (Å²) in [7, 11) is 0. The molecular weight excluding hydrogens is 442 g/mol. The first-order chi connectivity index (χ1) is 16.5. The van der Waals surface area contributed by atoms with Crippen LogP contribution in [-0.2, 0) is 9.59 Å². The molecule has 0 radical (unpaired) electrons. The monoisotopic (exact) mass is 475 g/mol. The highest BCUT2D eigenvalue weighted by atomic mass is 16.5. The second-order valence-electron chi connectivity index (χ2n) is 11.2. The van der Waals surface area contributed by atoms with Crippen LogP contribution in [0, 0.1) is 17.2 Å². The fraction of sp³-hybridized carbons (Fsp3) is 0.481. The fourth-order valence-electron chi connectivity index (χ4n) is 5.52. The number of guanidine groups is 1. The number of nitrogens with zero attached hydrogens (tertiary/aromatic N) is 2. The third-order valence-electron chi connectivity index (χ3n) is 7.14. The summed E-state index contributed by atoms with van der Waals surface area (Å²) in [5.74, 6) is 0.412. The maximum atomic E-state index is 13.4. The molecule has 3 aliphatic rings. The Hall–Kier alpha value is -3.42. The van der Waals surface area contributed by atoms with Gasteiger partial charge in [-0.15, -0.1) is 0 Å². The van der Waals surface area contributed by atoms with E-state index in [0.717, 1.165) is 16.9 Å². The van der Waals surface area contributed by atoms with Gasteiger partial charge in [0.1, 0.15) is 11.4 Å². The number of para-hydroxylation sites is 1. The van der Waals surface area contributed by atoms with Gasteiger partial charge >= 0.3 is 0 Å². The molecule has 8 nitrogen and oxygen atoms in total. The first-order valence-electron chi connectivity index (χ1n) is 12.2. The predicted molar refractivity (Wildman–Crippen MR) is 132 cm³/mol. The van der Waals surface area contributed by atoms with E-state index in [4.69, 9.17) is 10.1 Å². The number of amides is 2. The highest BCUT2D eigenvalue weighted by Gasteiger charge is 2.53. The summed E-state index contributed by atoms with van der Waals surface area (Å²) < 4.78 is 6.11. The zero-order valence-electron chi connectivity index (χ0n) is 20.7. The molecule has 0 spiro atoms. The van der Waals surface area contributed by atoms with Gasteiger partial charge in [-0.2, -0.15) is 0 Å². The lowest BCUT2D eigenvalue weighted by molar-refractivity contribution is -0.133. The van der Waals surface area contributed by atoms with Gasteiger partial charge in [-0.3, -0.25) is 24.9 Å². The van der Waals surface area contributed by atoms with Crippen molar-refractivity contribution in [3.63, 3.8) is 0 Å². The second-order valence-corrected chi connectivity index (χ2v) is 11.2. The summed E-state index contributed by atoms with van der Waals surface area (Å²) in [5.41, 5.74) is 0.959. The largest absolute Gasteiger partial charge is 0.487 e. The number of carbonyl (C=O) groups excluding carboxylic acids is 2. The van der Waals surface area contributed by atoms with Gasteiger partial charge in [-0.1, -0.05) is 24.3 Å². The van der Waals surface area contributed by atoms with E-state index < -0.39 is 11.6 Å². The molecule has 1 aliphatic carbocycles. The molecule has 2 aliphatic heterocycles. The van der Waals surface area contributed by atoms with Crippen LogP contribution in [0.5, 0.6) is 5.75 Å². The second kappa shape index (κ2) is 8.36. The summed E-state index contributed by atoms with van der Waals surface area (Å²) in [6.45, 7) is 7.89. The Bertz CT molecular complexity index is 1140. The predicted octanol–water partition coefficient (Wildman–Crippen LogP) is 3.71. The number of ether oxygens (including phenoxy) is 1. The van der Waals surface area contributed by atoms with Gasteiger partial charge in [0.05, 0.1) is 12.1 Å². The van der Waals surface area contributed by atoms with Crippen LogP contribution >= 0.6 is 0 Å². The van der Waals surface area contributed by atoms with E-state index in [-0.39, 0.29) is 47.7 Å². The van der Waals surface area contributed by atoms with Crippen LogP contribution in [0.3, 0.4) is 0 Å². The lowest BCUT2D eigenvalue weighted by Crippen LogP contribution is -2.60. The Balaban J connectivity index is 1.37. The van der Waals surface area contributed by atoms with Gasteiger partial charge in [0.25, 0.3) is 0 Å². The quantitative estimate of drug-likeness (QED) is 0.611. The van der Waals surface area contributed by atoms with Crippen molar-refractivity contribution in [3.05, 3.63) is 59.9 Å². The Kier molecular flexibility index (Phi) is 5.57. The summed E-state index contributed by atoms with van der Waals surface area (Å²) in [5, 5.41) is 15.0. The smallest absolute Gasteiger partial charge is 0.232 e. The molecule has 1 saturated heterocycles. The van der Waals surface area contributed by atoms with Crippen molar-refractivity contribution in [2.75, 3.05) is 0 Å². The number of nitrogens with one attached hydrogen (secondary N) is 3. The number of aromatic nitrogens is 1. The van der Waals surface area contributed by atoms with Crippen molar-refractivity contribution < 1.29 is 14.3 Å². The Morgan fingerprint density at radius 3 is 2.71 bits per heavy atom. The van der Waals surface area contributed by atoms with Crippen LogP contribution in [0.15, 0.2) is 48.8 Å². The van der Waals surface area contributed by atoms with Gasteiger partial charge in [-0.05, 0) is 57.7 Å². The molecule has 184 valence electrons. The summed E-state index contributed by atoms with van der Waals surface area (Å²) in [6, 6.07) is 11.0. The average molecular weight is 476 g/mol. The van der Waals surface area contributed by atoms with Gasteiger partial charge in [0, 0.05) is 42.3 Å². The summed E-state index contributed by atoms with van der Waals surface area (Å²) in [4.78, 5) is 32.4. The van der Waals surface area contributed by atoms with Crippen molar-refractivity contribution >= 4 is 17.8 Å². The number of benzene rings is 1. The molecule has 3 heterocycles. The Morgan fingerprint density at radius 2 is 2.00 bits per heavy atom. The average Bonchev–Trinajstić information content (AvgIpc) is 3.56. The van der Waals surface area contributed by atoms with Crippen molar-refractivity contribution in [3.8, 4) is 5.75 Å².